The van der Waals surface area contributed by atoms with Gasteiger partial charge in [-0.1, -0.05) is 56.6 Å². The minimum atomic E-state index is -0.361. The van der Waals surface area contributed by atoms with E-state index in [0.717, 1.165) is 0 Å². The molecule has 0 spiro atoms. The summed E-state index contributed by atoms with van der Waals surface area (Å²) in [6.07, 6.45) is 0. The van der Waals surface area contributed by atoms with Gasteiger partial charge in [-0.2, -0.15) is 0 Å². The average molecular weight is 360 g/mol. The second-order valence-corrected chi connectivity index (χ2v) is 7.15. The largest absolute Gasteiger partial charge is 0.484 e. The van der Waals surface area contributed by atoms with Crippen LogP contribution in [0.5, 0.6) is 5.75 Å². The highest BCUT2D eigenvalue weighted by Gasteiger charge is 2.14. The van der Waals surface area contributed by atoms with Crippen LogP contribution in [0.2, 0.25) is 5.02 Å². The van der Waals surface area contributed by atoms with Crippen LogP contribution in [-0.2, 0) is 10.2 Å². The molecule has 0 fully saturated rings. The Hall–Kier alpha value is -2.33. The van der Waals surface area contributed by atoms with Gasteiger partial charge in [0.25, 0.3) is 5.91 Å². The van der Waals surface area contributed by atoms with Crippen molar-refractivity contribution < 1.29 is 14.3 Å². The van der Waals surface area contributed by atoms with Gasteiger partial charge in [-0.25, -0.2) is 0 Å². The van der Waals surface area contributed by atoms with Crippen molar-refractivity contribution in [3.63, 3.8) is 0 Å². The predicted octanol–water partition coefficient (Wildman–Crippen LogP) is 4.02. The molecular weight excluding hydrogens is 338 g/mol. The third-order valence-corrected chi connectivity index (χ3v) is 4.04. The van der Waals surface area contributed by atoms with Crippen LogP contribution in [0, 0.1) is 0 Å². The number of carbonyl (C=O) groups is 2. The summed E-state index contributed by atoms with van der Waals surface area (Å²) in [6.45, 7) is 6.13. The van der Waals surface area contributed by atoms with Crippen molar-refractivity contribution in [2.45, 2.75) is 26.2 Å². The zero-order chi connectivity index (χ0) is 18.4. The van der Waals surface area contributed by atoms with Crippen LogP contribution in [-0.4, -0.2) is 24.8 Å². The number of amides is 1. The number of carbonyl (C=O) groups excluding carboxylic acids is 2. The van der Waals surface area contributed by atoms with Gasteiger partial charge >= 0.3 is 0 Å². The molecule has 0 heterocycles. The van der Waals surface area contributed by atoms with E-state index >= 15 is 0 Å². The van der Waals surface area contributed by atoms with E-state index in [4.69, 9.17) is 16.3 Å². The highest BCUT2D eigenvalue weighted by Crippen LogP contribution is 2.24. The lowest BCUT2D eigenvalue weighted by Gasteiger charge is -2.19. The van der Waals surface area contributed by atoms with Crippen molar-refractivity contribution in [2.75, 3.05) is 13.2 Å². The number of hydrogen-bond acceptors (Lipinski definition) is 3. The number of benzene rings is 2. The van der Waals surface area contributed by atoms with Crippen LogP contribution < -0.4 is 10.1 Å². The monoisotopic (exact) mass is 359 g/mol. The molecule has 2 aromatic carbocycles. The third-order valence-electron chi connectivity index (χ3n) is 3.71. The Kier molecular flexibility index (Phi) is 6.21. The summed E-state index contributed by atoms with van der Waals surface area (Å²) in [6, 6.07) is 14.4. The molecular formula is C20H22ClNO3. The van der Waals surface area contributed by atoms with E-state index in [1.165, 1.54) is 5.56 Å². The maximum absolute atomic E-state index is 12.0. The van der Waals surface area contributed by atoms with Crippen LogP contribution >= 0.6 is 11.6 Å². The maximum Gasteiger partial charge on any atom is 0.258 e. The lowest BCUT2D eigenvalue weighted by Crippen LogP contribution is -2.33. The quantitative estimate of drug-likeness (QED) is 0.793. The Labute approximate surface area is 153 Å². The van der Waals surface area contributed by atoms with Gasteiger partial charge in [-0.05, 0) is 35.2 Å². The van der Waals surface area contributed by atoms with Gasteiger partial charge in [0.1, 0.15) is 5.75 Å². The molecule has 0 aliphatic rings. The van der Waals surface area contributed by atoms with Gasteiger partial charge in [-0.15, -0.1) is 0 Å². The first kappa shape index (κ1) is 19.0. The fraction of sp³-hybridized carbons (Fsp3) is 0.300. The highest BCUT2D eigenvalue weighted by atomic mass is 35.5. The molecule has 1 N–H and O–H groups in total. The van der Waals surface area contributed by atoms with E-state index < -0.39 is 0 Å². The first-order valence-corrected chi connectivity index (χ1v) is 8.43. The van der Waals surface area contributed by atoms with Crippen LogP contribution in [0.1, 0.15) is 36.7 Å². The summed E-state index contributed by atoms with van der Waals surface area (Å²) >= 11 is 5.96. The molecule has 0 aliphatic carbocycles. The van der Waals surface area contributed by atoms with Gasteiger partial charge in [0.15, 0.2) is 12.4 Å². The van der Waals surface area contributed by atoms with Gasteiger partial charge < -0.3 is 10.1 Å². The van der Waals surface area contributed by atoms with Crippen molar-refractivity contribution in [1.29, 1.82) is 0 Å². The molecule has 4 nitrogen and oxygen atoms in total. The normalized spacial score (nSPS) is 11.0. The van der Waals surface area contributed by atoms with Crippen LogP contribution in [0.4, 0.5) is 0 Å². The summed E-state index contributed by atoms with van der Waals surface area (Å²) in [5, 5.41) is 2.91. The number of nitrogens with one attached hydrogen (secondary N) is 1. The van der Waals surface area contributed by atoms with Gasteiger partial charge in [0, 0.05) is 5.56 Å². The molecule has 0 aliphatic heterocycles. The Morgan fingerprint density at radius 1 is 1.04 bits per heavy atom. The maximum atomic E-state index is 12.0. The molecule has 5 heteroatoms. The van der Waals surface area contributed by atoms with E-state index in [1.54, 1.807) is 24.3 Å². The van der Waals surface area contributed by atoms with Crippen molar-refractivity contribution in [3.05, 3.63) is 64.7 Å². The van der Waals surface area contributed by atoms with Crippen LogP contribution in [0.25, 0.3) is 0 Å². The second kappa shape index (κ2) is 8.17. The lowest BCUT2D eigenvalue weighted by atomic mass is 9.87. The summed E-state index contributed by atoms with van der Waals surface area (Å²) in [4.78, 5) is 23.9. The Morgan fingerprint density at radius 3 is 2.28 bits per heavy atom. The summed E-state index contributed by atoms with van der Waals surface area (Å²) in [5.74, 6) is 0.00867. The van der Waals surface area contributed by atoms with E-state index in [0.29, 0.717) is 16.3 Å². The number of ether oxygens (including phenoxy) is 1. The molecule has 0 saturated carbocycles. The summed E-state index contributed by atoms with van der Waals surface area (Å²) in [7, 11) is 0. The second-order valence-electron chi connectivity index (χ2n) is 6.74. The van der Waals surface area contributed by atoms with Gasteiger partial charge in [0.2, 0.25) is 0 Å². The fourth-order valence-corrected chi connectivity index (χ4v) is 2.45. The van der Waals surface area contributed by atoms with Crippen LogP contribution in [0.3, 0.4) is 0 Å². The standard InChI is InChI=1S/C20H22ClNO3/c1-20(2,3)14-8-10-15(11-9-14)25-13-19(24)22-12-18(23)16-6-4-5-7-17(16)21/h4-11H,12-13H2,1-3H3,(H,22,24). The molecule has 0 unspecified atom stereocenters. The van der Waals surface area contributed by atoms with Crippen molar-refractivity contribution in [1.82, 2.24) is 5.32 Å². The summed E-state index contributed by atoms with van der Waals surface area (Å²) < 4.78 is 5.45. The number of hydrogen-bond donors (Lipinski definition) is 1. The smallest absolute Gasteiger partial charge is 0.258 e. The molecule has 132 valence electrons. The fourth-order valence-electron chi connectivity index (χ4n) is 2.21. The number of rotatable bonds is 6. The van der Waals surface area contributed by atoms with Crippen molar-refractivity contribution >= 4 is 23.3 Å². The number of Topliss-reactive ketones (excluding diaryl/α,β-unsaturated/α-hetero) is 1. The minimum absolute atomic E-state index is 0.0645. The highest BCUT2D eigenvalue weighted by molar-refractivity contribution is 6.34. The average Bonchev–Trinajstić information content (AvgIpc) is 2.58. The molecule has 0 aromatic heterocycles. The molecule has 0 atom stereocenters. The Balaban J connectivity index is 1.81. The first-order valence-electron chi connectivity index (χ1n) is 8.05. The van der Waals surface area contributed by atoms with E-state index in [2.05, 4.69) is 26.1 Å². The summed E-state index contributed by atoms with van der Waals surface area (Å²) in [5.41, 5.74) is 1.65. The topological polar surface area (TPSA) is 55.4 Å². The number of ketones is 1. The van der Waals surface area contributed by atoms with Gasteiger partial charge in [0.05, 0.1) is 11.6 Å². The molecule has 0 saturated heterocycles. The van der Waals surface area contributed by atoms with Gasteiger partial charge in [-0.3, -0.25) is 9.59 Å². The van der Waals surface area contributed by atoms with E-state index in [1.807, 2.05) is 24.3 Å². The third kappa shape index (κ3) is 5.61. The minimum Gasteiger partial charge on any atom is -0.484 e. The zero-order valence-electron chi connectivity index (χ0n) is 14.6. The molecule has 25 heavy (non-hydrogen) atoms. The number of halogens is 1. The van der Waals surface area contributed by atoms with E-state index in [-0.39, 0.29) is 30.3 Å². The zero-order valence-corrected chi connectivity index (χ0v) is 15.4. The molecule has 2 aromatic rings. The predicted molar refractivity (Wildman–Crippen MR) is 99.4 cm³/mol. The SMILES string of the molecule is CC(C)(C)c1ccc(OCC(=O)NCC(=O)c2ccccc2Cl)cc1. The molecule has 1 amide bonds. The van der Waals surface area contributed by atoms with Crippen molar-refractivity contribution in [3.8, 4) is 5.75 Å². The lowest BCUT2D eigenvalue weighted by molar-refractivity contribution is -0.122. The molecule has 0 bridgehead atoms. The first-order chi connectivity index (χ1) is 11.8. The molecule has 0 radical (unpaired) electrons. The van der Waals surface area contributed by atoms with Crippen LogP contribution in [0.15, 0.2) is 48.5 Å². The molecule has 2 rings (SSSR count). The van der Waals surface area contributed by atoms with Crippen molar-refractivity contribution in [2.24, 2.45) is 0 Å². The Bertz CT molecular complexity index is 748. The van der Waals surface area contributed by atoms with E-state index in [9.17, 15) is 9.59 Å². The Morgan fingerprint density at radius 2 is 1.68 bits per heavy atom.